The summed E-state index contributed by atoms with van der Waals surface area (Å²) in [7, 11) is 1.55. The summed E-state index contributed by atoms with van der Waals surface area (Å²) in [5.41, 5.74) is 1.94. The molecule has 3 amide bonds. The van der Waals surface area contributed by atoms with Crippen molar-refractivity contribution < 1.29 is 23.9 Å². The van der Waals surface area contributed by atoms with Crippen molar-refractivity contribution in [1.82, 2.24) is 14.8 Å². The van der Waals surface area contributed by atoms with Crippen LogP contribution in [0.4, 0.5) is 5.69 Å². The molecular formula is C26H24N4O5S. The van der Waals surface area contributed by atoms with Gasteiger partial charge in [0.25, 0.3) is 11.8 Å². The van der Waals surface area contributed by atoms with Gasteiger partial charge in [0.15, 0.2) is 5.11 Å². The number of carbonyl (C=O) groups is 3. The molecule has 2 fully saturated rings. The Balaban J connectivity index is 1.49. The molecule has 10 heteroatoms. The largest absolute Gasteiger partial charge is 0.497 e. The van der Waals surface area contributed by atoms with Crippen molar-refractivity contribution in [2.45, 2.75) is 6.54 Å². The standard InChI is InChI=1S/C26H24N4O5S/c1-34-19-8-6-18(7-9-19)30-25(33)21(24(32)27-26(30)36)14-17-15-29(22-5-3-2-4-20(17)22)16-23(31)28-10-12-35-13-11-28/h2-9,14-15H,10-13,16H2,1H3,(H,27,32,36)/b21-14+. The number of methoxy groups -OCH3 is 1. The van der Waals surface area contributed by atoms with Gasteiger partial charge in [-0.15, -0.1) is 0 Å². The Bertz CT molecular complexity index is 1390. The van der Waals surface area contributed by atoms with Crippen molar-refractivity contribution in [2.24, 2.45) is 0 Å². The lowest BCUT2D eigenvalue weighted by Gasteiger charge is -2.29. The number of thiocarbonyl (C=S) groups is 1. The molecule has 36 heavy (non-hydrogen) atoms. The molecule has 184 valence electrons. The predicted molar refractivity (Wildman–Crippen MR) is 139 cm³/mol. The van der Waals surface area contributed by atoms with Crippen molar-refractivity contribution in [3.8, 4) is 5.75 Å². The molecule has 2 aliphatic rings. The van der Waals surface area contributed by atoms with E-state index in [1.165, 1.54) is 4.90 Å². The highest BCUT2D eigenvalue weighted by molar-refractivity contribution is 7.80. The molecule has 3 aromatic rings. The first-order valence-electron chi connectivity index (χ1n) is 11.4. The highest BCUT2D eigenvalue weighted by Gasteiger charge is 2.34. The molecule has 2 aliphatic heterocycles. The number of para-hydroxylation sites is 1. The maximum absolute atomic E-state index is 13.4. The van der Waals surface area contributed by atoms with Gasteiger partial charge in [-0.1, -0.05) is 18.2 Å². The zero-order valence-electron chi connectivity index (χ0n) is 19.6. The van der Waals surface area contributed by atoms with Gasteiger partial charge in [-0.05, 0) is 48.6 Å². The van der Waals surface area contributed by atoms with Gasteiger partial charge in [0.1, 0.15) is 17.9 Å². The van der Waals surface area contributed by atoms with Gasteiger partial charge in [-0.3, -0.25) is 24.6 Å². The van der Waals surface area contributed by atoms with Gasteiger partial charge in [0.2, 0.25) is 5.91 Å². The molecule has 0 atom stereocenters. The summed E-state index contributed by atoms with van der Waals surface area (Å²) in [5.74, 6) is -0.486. The Morgan fingerprint density at radius 1 is 1.11 bits per heavy atom. The molecule has 0 bridgehead atoms. The minimum absolute atomic E-state index is 0.00542. The maximum atomic E-state index is 13.4. The van der Waals surface area contributed by atoms with E-state index in [-0.39, 0.29) is 23.1 Å². The molecule has 0 unspecified atom stereocenters. The first-order valence-corrected chi connectivity index (χ1v) is 11.9. The number of aromatic nitrogens is 1. The molecule has 1 N–H and O–H groups in total. The van der Waals surface area contributed by atoms with Crippen molar-refractivity contribution in [2.75, 3.05) is 38.3 Å². The average Bonchev–Trinajstić information content (AvgIpc) is 3.24. The van der Waals surface area contributed by atoms with E-state index in [9.17, 15) is 14.4 Å². The minimum Gasteiger partial charge on any atom is -0.497 e. The number of carbonyl (C=O) groups excluding carboxylic acids is 3. The van der Waals surface area contributed by atoms with Crippen LogP contribution in [-0.2, 0) is 25.7 Å². The molecule has 0 radical (unpaired) electrons. The third-order valence-electron chi connectivity index (χ3n) is 6.22. The van der Waals surface area contributed by atoms with Crippen LogP contribution in [0, 0.1) is 0 Å². The molecule has 9 nitrogen and oxygen atoms in total. The molecule has 0 saturated carbocycles. The zero-order valence-corrected chi connectivity index (χ0v) is 20.4. The number of benzene rings is 2. The van der Waals surface area contributed by atoms with E-state index < -0.39 is 11.8 Å². The Morgan fingerprint density at radius 2 is 1.83 bits per heavy atom. The summed E-state index contributed by atoms with van der Waals surface area (Å²) in [4.78, 5) is 42.2. The molecule has 5 rings (SSSR count). The van der Waals surface area contributed by atoms with Crippen molar-refractivity contribution in [3.63, 3.8) is 0 Å². The number of nitrogens with zero attached hydrogens (tertiary/aromatic N) is 3. The topological polar surface area (TPSA) is 93.1 Å². The normalized spacial score (nSPS) is 17.6. The van der Waals surface area contributed by atoms with Crippen LogP contribution in [-0.4, -0.2) is 65.7 Å². The highest BCUT2D eigenvalue weighted by Crippen LogP contribution is 2.27. The van der Waals surface area contributed by atoms with E-state index in [4.69, 9.17) is 21.7 Å². The quantitative estimate of drug-likeness (QED) is 0.326. The number of hydrogen-bond donors (Lipinski definition) is 1. The smallest absolute Gasteiger partial charge is 0.270 e. The molecule has 3 heterocycles. The molecule has 2 aromatic carbocycles. The van der Waals surface area contributed by atoms with E-state index in [0.717, 1.165) is 10.9 Å². The SMILES string of the molecule is COc1ccc(N2C(=O)/C(=C/c3cn(CC(=O)N4CCOCC4)c4ccccc34)C(=O)NC2=S)cc1. The lowest BCUT2D eigenvalue weighted by Crippen LogP contribution is -2.54. The van der Waals surface area contributed by atoms with E-state index in [1.54, 1.807) is 48.5 Å². The Kier molecular flexibility index (Phi) is 6.53. The first kappa shape index (κ1) is 23.7. The molecule has 1 aromatic heterocycles. The second kappa shape index (κ2) is 9.92. The lowest BCUT2D eigenvalue weighted by molar-refractivity contribution is -0.135. The number of hydrogen-bond acceptors (Lipinski definition) is 6. The number of amides is 3. The van der Waals surface area contributed by atoms with E-state index >= 15 is 0 Å². The van der Waals surface area contributed by atoms with Crippen molar-refractivity contribution in [3.05, 3.63) is 65.9 Å². The van der Waals surface area contributed by atoms with E-state index in [1.807, 2.05) is 28.8 Å². The Morgan fingerprint density at radius 3 is 2.56 bits per heavy atom. The summed E-state index contributed by atoms with van der Waals surface area (Å²) >= 11 is 5.29. The first-order chi connectivity index (χ1) is 17.5. The van der Waals surface area contributed by atoms with Crippen LogP contribution >= 0.6 is 12.2 Å². The van der Waals surface area contributed by atoms with Gasteiger partial charge < -0.3 is 18.9 Å². The summed E-state index contributed by atoms with van der Waals surface area (Å²) in [5, 5.41) is 3.43. The molecular weight excluding hydrogens is 480 g/mol. The molecule has 0 spiro atoms. The predicted octanol–water partition coefficient (Wildman–Crippen LogP) is 2.34. The van der Waals surface area contributed by atoms with Gasteiger partial charge in [-0.25, -0.2) is 0 Å². The summed E-state index contributed by atoms with van der Waals surface area (Å²) < 4.78 is 12.4. The molecule has 2 saturated heterocycles. The van der Waals surface area contributed by atoms with Crippen LogP contribution in [0.25, 0.3) is 17.0 Å². The minimum atomic E-state index is -0.573. The van der Waals surface area contributed by atoms with Crippen molar-refractivity contribution in [1.29, 1.82) is 0 Å². The third-order valence-corrected chi connectivity index (χ3v) is 6.51. The molecule has 0 aliphatic carbocycles. The van der Waals surface area contributed by atoms with Crippen LogP contribution in [0.2, 0.25) is 0 Å². The van der Waals surface area contributed by atoms with Gasteiger partial charge in [0.05, 0.1) is 26.0 Å². The summed E-state index contributed by atoms with van der Waals surface area (Å²) in [6, 6.07) is 14.4. The Hall–Kier alpha value is -4.02. The Labute approximate surface area is 212 Å². The van der Waals surface area contributed by atoms with Gasteiger partial charge >= 0.3 is 0 Å². The fraction of sp³-hybridized carbons (Fsp3) is 0.231. The number of nitrogens with one attached hydrogen (secondary N) is 1. The van der Waals surface area contributed by atoms with E-state index in [2.05, 4.69) is 5.32 Å². The van der Waals surface area contributed by atoms with Crippen LogP contribution < -0.4 is 15.0 Å². The monoisotopic (exact) mass is 504 g/mol. The fourth-order valence-electron chi connectivity index (χ4n) is 4.36. The zero-order chi connectivity index (χ0) is 25.2. The van der Waals surface area contributed by atoms with Crippen LogP contribution in [0.1, 0.15) is 5.56 Å². The summed E-state index contributed by atoms with van der Waals surface area (Å²) in [6.07, 6.45) is 3.34. The van der Waals surface area contributed by atoms with Gasteiger partial charge in [0, 0.05) is 35.8 Å². The van der Waals surface area contributed by atoms with Crippen molar-refractivity contribution >= 4 is 57.7 Å². The second-order valence-corrected chi connectivity index (χ2v) is 8.77. The lowest BCUT2D eigenvalue weighted by atomic mass is 10.1. The fourth-order valence-corrected chi connectivity index (χ4v) is 4.64. The number of ether oxygens (including phenoxy) is 2. The van der Waals surface area contributed by atoms with Crippen LogP contribution in [0.3, 0.4) is 0 Å². The van der Waals surface area contributed by atoms with Crippen LogP contribution in [0.5, 0.6) is 5.75 Å². The summed E-state index contributed by atoms with van der Waals surface area (Å²) in [6.45, 7) is 2.32. The number of fused-ring (bicyclic) bond motifs is 1. The second-order valence-electron chi connectivity index (χ2n) is 8.38. The number of anilines is 1. The third kappa shape index (κ3) is 4.48. The van der Waals surface area contributed by atoms with Crippen LogP contribution in [0.15, 0.2) is 60.3 Å². The van der Waals surface area contributed by atoms with E-state index in [0.29, 0.717) is 43.3 Å². The number of morpholine rings is 1. The maximum Gasteiger partial charge on any atom is 0.270 e. The average molecular weight is 505 g/mol. The number of rotatable bonds is 5. The highest BCUT2D eigenvalue weighted by atomic mass is 32.1. The van der Waals surface area contributed by atoms with Gasteiger partial charge in [-0.2, -0.15) is 0 Å².